The van der Waals surface area contributed by atoms with Crippen molar-refractivity contribution in [2.75, 3.05) is 0 Å². The first-order valence-corrected chi connectivity index (χ1v) is 5.90. The van der Waals surface area contributed by atoms with Crippen molar-refractivity contribution < 1.29 is 9.90 Å². The summed E-state index contributed by atoms with van der Waals surface area (Å²) in [5.41, 5.74) is 7.94. The van der Waals surface area contributed by atoms with Crippen molar-refractivity contribution in [2.45, 2.75) is 19.6 Å². The summed E-state index contributed by atoms with van der Waals surface area (Å²) < 4.78 is 0. The molecule has 1 N–H and O–H groups in total. The van der Waals surface area contributed by atoms with Crippen LogP contribution in [0.1, 0.15) is 0 Å². The number of hydrogen-bond acceptors (Lipinski definition) is 0. The second-order valence-electron chi connectivity index (χ2n) is 2.67. The fourth-order valence-corrected chi connectivity index (χ4v) is 0.450. The van der Waals surface area contributed by atoms with Gasteiger partial charge in [0, 0.05) is 0 Å². The van der Waals surface area contributed by atoms with Crippen molar-refractivity contribution >= 4 is 13.6 Å². The summed E-state index contributed by atoms with van der Waals surface area (Å²) in [5, 5.41) is 8.76. The van der Waals surface area contributed by atoms with E-state index in [0.29, 0.717) is 0 Å². The van der Waals surface area contributed by atoms with E-state index < -0.39 is 8.07 Å². The molecule has 0 aliphatic carbocycles. The van der Waals surface area contributed by atoms with Crippen molar-refractivity contribution in [1.82, 2.24) is 0 Å². The van der Waals surface area contributed by atoms with Crippen molar-refractivity contribution in [1.29, 1.82) is 0 Å². The number of rotatable bonds is 1. The van der Waals surface area contributed by atoms with E-state index in [1.807, 2.05) is 19.6 Å². The van der Waals surface area contributed by atoms with Crippen LogP contribution < -0.4 is 0 Å². The summed E-state index contributed by atoms with van der Waals surface area (Å²) in [6, 6.07) is 0. The average Bonchev–Trinajstić information content (AvgIpc) is 1.62. The van der Waals surface area contributed by atoms with E-state index in [1.165, 1.54) is 0 Å². The average molecular weight is 130 g/mol. The summed E-state index contributed by atoms with van der Waals surface area (Å²) >= 11 is 0. The Hall–Kier alpha value is -0.603. The molecular formula is C4H10N2OSi. The van der Waals surface area contributed by atoms with Crippen LogP contribution in [-0.2, 0) is 0 Å². The van der Waals surface area contributed by atoms with Gasteiger partial charge in [0.2, 0.25) is 8.07 Å². The van der Waals surface area contributed by atoms with Crippen molar-refractivity contribution in [3.05, 3.63) is 5.53 Å². The third-order valence-corrected chi connectivity index (χ3v) is 2.21. The highest BCUT2D eigenvalue weighted by molar-refractivity contribution is 7.01. The second-order valence-corrected chi connectivity index (χ2v) is 7.62. The number of hydrogen-bond donors (Lipinski definition) is 1. The summed E-state index contributed by atoms with van der Waals surface area (Å²) in [6.07, 6.45) is 0. The molecule has 0 aliphatic rings. The van der Waals surface area contributed by atoms with Gasteiger partial charge in [-0.3, -0.25) is 0 Å². The van der Waals surface area contributed by atoms with Crippen LogP contribution in [0.3, 0.4) is 0 Å². The van der Waals surface area contributed by atoms with Gasteiger partial charge in [0.25, 0.3) is 0 Å². The third kappa shape index (κ3) is 1.91. The summed E-state index contributed by atoms with van der Waals surface area (Å²) in [4.78, 5) is 2.69. The Morgan fingerprint density at radius 2 is 1.88 bits per heavy atom. The Labute approximate surface area is 49.6 Å². The maximum Gasteiger partial charge on any atom is 0.401 e. The molecule has 0 saturated carbocycles. The second kappa shape index (κ2) is 2.11. The van der Waals surface area contributed by atoms with Gasteiger partial charge >= 0.3 is 5.52 Å². The molecule has 46 valence electrons. The van der Waals surface area contributed by atoms with Crippen LogP contribution in [-0.4, -0.2) is 23.5 Å². The molecule has 0 radical (unpaired) electrons. The summed E-state index contributed by atoms with van der Waals surface area (Å²) in [5.74, 6) is 0. The van der Waals surface area contributed by atoms with Gasteiger partial charge in [0.05, 0.1) is 0 Å². The molecule has 0 aromatic carbocycles. The highest BCUT2D eigenvalue weighted by Crippen LogP contribution is 1.97. The van der Waals surface area contributed by atoms with E-state index >= 15 is 0 Å². The van der Waals surface area contributed by atoms with E-state index in [2.05, 4.69) is 4.79 Å². The molecule has 0 heterocycles. The van der Waals surface area contributed by atoms with Crippen LogP contribution in [0.4, 0.5) is 0 Å². The van der Waals surface area contributed by atoms with Gasteiger partial charge in [-0.25, -0.2) is 0 Å². The molecule has 0 unspecified atom stereocenters. The minimum atomic E-state index is -1.71. The van der Waals surface area contributed by atoms with Crippen LogP contribution in [0.2, 0.25) is 19.6 Å². The quantitative estimate of drug-likeness (QED) is 0.186. The largest absolute Gasteiger partial charge is 0.457 e. The number of aliphatic hydroxyl groups excluding tert-OH is 1. The van der Waals surface area contributed by atoms with Gasteiger partial charge in [0.1, 0.15) is 0 Å². The van der Waals surface area contributed by atoms with Gasteiger partial charge in [0.15, 0.2) is 0 Å². The minimum Gasteiger partial charge on any atom is -0.457 e. The first-order valence-electron chi connectivity index (χ1n) is 2.40. The first-order chi connectivity index (χ1) is 3.48. The van der Waals surface area contributed by atoms with E-state index in [1.54, 1.807) is 0 Å². The lowest BCUT2D eigenvalue weighted by molar-refractivity contribution is -0.0244. The highest BCUT2D eigenvalue weighted by atomic mass is 28.3. The standard InChI is InChI=1S/C4H10N2OSi/c1-8(2,3)4(7)6-5/h7H,1-3H3. The smallest absolute Gasteiger partial charge is 0.401 e. The predicted octanol–water partition coefficient (Wildman–Crippen LogP) is 1.05. The van der Waals surface area contributed by atoms with E-state index in [0.717, 1.165) is 0 Å². The molecule has 4 heteroatoms. The van der Waals surface area contributed by atoms with Crippen molar-refractivity contribution in [3.63, 3.8) is 0 Å². The van der Waals surface area contributed by atoms with Crippen LogP contribution in [0.25, 0.3) is 5.53 Å². The third-order valence-electron chi connectivity index (χ3n) is 0.766. The van der Waals surface area contributed by atoms with Crippen LogP contribution in [0.15, 0.2) is 0 Å². The van der Waals surface area contributed by atoms with Crippen LogP contribution >= 0.6 is 0 Å². The normalized spacial score (nSPS) is 10.4. The van der Waals surface area contributed by atoms with Gasteiger partial charge in [-0.05, 0) is 0 Å². The molecule has 3 nitrogen and oxygen atoms in total. The Bertz CT molecular complexity index is 131. The van der Waals surface area contributed by atoms with Gasteiger partial charge in [-0.1, -0.05) is 19.6 Å². The molecule has 0 saturated heterocycles. The molecule has 8 heavy (non-hydrogen) atoms. The monoisotopic (exact) mass is 130 g/mol. The molecule has 0 rings (SSSR count). The van der Waals surface area contributed by atoms with Gasteiger partial charge < -0.3 is 10.6 Å². The molecule has 0 spiro atoms. The number of nitrogens with zero attached hydrogens (tertiary/aromatic N) is 2. The fraction of sp³-hybridized carbons (Fsp3) is 0.750. The summed E-state index contributed by atoms with van der Waals surface area (Å²) in [6.45, 7) is 5.67. The molecule has 0 aromatic rings. The lowest BCUT2D eigenvalue weighted by Crippen LogP contribution is -2.33. The lowest BCUT2D eigenvalue weighted by Gasteiger charge is -2.00. The Kier molecular flexibility index (Phi) is 1.95. The Morgan fingerprint density at radius 3 is 1.88 bits per heavy atom. The fourth-order valence-electron chi connectivity index (χ4n) is 0.150. The molecule has 0 aliphatic heterocycles. The zero-order valence-electron chi connectivity index (χ0n) is 5.34. The number of aliphatic hydroxyl groups is 1. The molecule has 0 atom stereocenters. The zero-order valence-corrected chi connectivity index (χ0v) is 6.34. The zero-order chi connectivity index (χ0) is 6.78. The van der Waals surface area contributed by atoms with Gasteiger partial charge in [-0.2, -0.15) is 0 Å². The lowest BCUT2D eigenvalue weighted by atomic mass is 11.5. The van der Waals surface area contributed by atoms with Crippen molar-refractivity contribution in [2.24, 2.45) is 0 Å². The maximum atomic E-state index is 8.76. The Balaban J connectivity index is 4.26. The van der Waals surface area contributed by atoms with Crippen LogP contribution in [0, 0.1) is 0 Å². The molecule has 0 aromatic heterocycles. The topological polar surface area (TPSA) is 56.6 Å². The SMILES string of the molecule is C[Si](C)(C)C(O)=[N+]=[N-]. The summed E-state index contributed by atoms with van der Waals surface area (Å²) in [7, 11) is -1.71. The van der Waals surface area contributed by atoms with E-state index in [9.17, 15) is 0 Å². The maximum absolute atomic E-state index is 8.76. The van der Waals surface area contributed by atoms with Crippen molar-refractivity contribution in [3.8, 4) is 0 Å². The minimum absolute atomic E-state index is 0.0995. The van der Waals surface area contributed by atoms with Crippen LogP contribution in [0.5, 0.6) is 0 Å². The highest BCUT2D eigenvalue weighted by Gasteiger charge is 2.29. The molecule has 0 bridgehead atoms. The van der Waals surface area contributed by atoms with E-state index in [4.69, 9.17) is 10.6 Å². The van der Waals surface area contributed by atoms with Gasteiger partial charge in [-0.15, -0.1) is 4.79 Å². The molecular weight excluding hydrogens is 120 g/mol. The van der Waals surface area contributed by atoms with E-state index in [-0.39, 0.29) is 5.52 Å². The molecule has 0 fully saturated rings. The molecule has 0 amide bonds. The first kappa shape index (κ1) is 7.40. The Morgan fingerprint density at radius 1 is 1.50 bits per heavy atom. The predicted molar refractivity (Wildman–Crippen MR) is 34.6 cm³/mol.